The van der Waals surface area contributed by atoms with Gasteiger partial charge in [-0.25, -0.2) is 0 Å². The van der Waals surface area contributed by atoms with Crippen LogP contribution in [0.1, 0.15) is 18.9 Å². The fourth-order valence-electron chi connectivity index (χ4n) is 1.83. The van der Waals surface area contributed by atoms with Gasteiger partial charge in [0.25, 0.3) is 0 Å². The number of nitrogens with zero attached hydrogens (tertiary/aromatic N) is 1. The molecule has 0 heterocycles. The maximum absolute atomic E-state index is 12.3. The summed E-state index contributed by atoms with van der Waals surface area (Å²) in [6.07, 6.45) is 2.75. The third-order valence-electron chi connectivity index (χ3n) is 2.85. The summed E-state index contributed by atoms with van der Waals surface area (Å²) in [6.45, 7) is 4.65. The summed E-state index contributed by atoms with van der Waals surface area (Å²) in [5.74, 6) is 0.926. The van der Waals surface area contributed by atoms with E-state index >= 15 is 0 Å². The Balaban J connectivity index is 2.79. The molecule has 0 aromatic heterocycles. The Morgan fingerprint density at radius 2 is 2.22 bits per heavy atom. The molecule has 0 aliphatic heterocycles. The molecule has 18 heavy (non-hydrogen) atoms. The molecule has 3 nitrogen and oxygen atoms in total. The summed E-state index contributed by atoms with van der Waals surface area (Å²) in [6, 6.07) is 7.56. The Kier molecular flexibility index (Phi) is 6.22. The van der Waals surface area contributed by atoms with Crippen molar-refractivity contribution in [3.05, 3.63) is 29.8 Å². The van der Waals surface area contributed by atoms with Gasteiger partial charge < -0.3 is 10.6 Å². The van der Waals surface area contributed by atoms with Gasteiger partial charge in [0.05, 0.1) is 6.04 Å². The molecule has 1 amide bonds. The van der Waals surface area contributed by atoms with Crippen LogP contribution in [0.15, 0.2) is 24.3 Å². The Morgan fingerprint density at radius 3 is 2.78 bits per heavy atom. The number of hydrogen-bond acceptors (Lipinski definition) is 3. The van der Waals surface area contributed by atoms with Gasteiger partial charge in [-0.1, -0.05) is 12.1 Å². The van der Waals surface area contributed by atoms with Crippen LogP contribution < -0.4 is 10.6 Å². The Bertz CT molecular complexity index is 395. The molecule has 0 fully saturated rings. The number of hydrogen-bond donors (Lipinski definition) is 1. The highest BCUT2D eigenvalue weighted by molar-refractivity contribution is 7.98. The number of anilines is 1. The smallest absolute Gasteiger partial charge is 0.243 e. The average Bonchev–Trinajstić information content (AvgIpc) is 2.36. The first-order valence-electron chi connectivity index (χ1n) is 6.22. The molecular formula is C14H22N2OS. The predicted molar refractivity (Wildman–Crippen MR) is 80.2 cm³/mol. The number of nitrogens with two attached hydrogens (primary N) is 1. The van der Waals surface area contributed by atoms with Gasteiger partial charge in [-0.05, 0) is 50.0 Å². The fraction of sp³-hybridized carbons (Fsp3) is 0.500. The van der Waals surface area contributed by atoms with Crippen molar-refractivity contribution in [1.82, 2.24) is 0 Å². The number of likely N-dealkylation sites (N-methyl/N-ethyl adjacent to an activating group) is 1. The normalized spacial score (nSPS) is 12.2. The van der Waals surface area contributed by atoms with Crippen LogP contribution in [0.25, 0.3) is 0 Å². The van der Waals surface area contributed by atoms with Gasteiger partial charge in [-0.15, -0.1) is 0 Å². The molecule has 0 saturated carbocycles. The van der Waals surface area contributed by atoms with Gasteiger partial charge in [0, 0.05) is 12.2 Å². The fourth-order valence-corrected chi connectivity index (χ4v) is 2.32. The monoisotopic (exact) mass is 266 g/mol. The molecule has 0 unspecified atom stereocenters. The van der Waals surface area contributed by atoms with E-state index in [9.17, 15) is 4.79 Å². The highest BCUT2D eigenvalue weighted by atomic mass is 32.2. The quantitative estimate of drug-likeness (QED) is 0.860. The van der Waals surface area contributed by atoms with Gasteiger partial charge in [-0.3, -0.25) is 4.79 Å². The van der Waals surface area contributed by atoms with Gasteiger partial charge in [0.1, 0.15) is 0 Å². The van der Waals surface area contributed by atoms with Crippen molar-refractivity contribution in [3.8, 4) is 0 Å². The summed E-state index contributed by atoms with van der Waals surface area (Å²) in [4.78, 5) is 14.0. The van der Waals surface area contributed by atoms with Crippen LogP contribution in [-0.4, -0.2) is 30.5 Å². The van der Waals surface area contributed by atoms with Crippen LogP contribution in [0.4, 0.5) is 5.69 Å². The average molecular weight is 266 g/mol. The number of benzene rings is 1. The largest absolute Gasteiger partial charge is 0.320 e. The maximum atomic E-state index is 12.3. The maximum Gasteiger partial charge on any atom is 0.243 e. The summed E-state index contributed by atoms with van der Waals surface area (Å²) in [7, 11) is 0. The summed E-state index contributed by atoms with van der Waals surface area (Å²) in [5, 5.41) is 0. The zero-order valence-electron chi connectivity index (χ0n) is 11.3. The molecule has 1 aromatic carbocycles. The third kappa shape index (κ3) is 4.03. The summed E-state index contributed by atoms with van der Waals surface area (Å²) >= 11 is 1.71. The molecule has 0 saturated heterocycles. The molecule has 1 rings (SSSR count). The zero-order valence-corrected chi connectivity index (χ0v) is 12.2. The SMILES string of the molecule is CCN(C(=O)[C@H](N)CCSC)c1cccc(C)c1. The lowest BCUT2D eigenvalue weighted by molar-refractivity contribution is -0.119. The number of amides is 1. The number of thioether (sulfide) groups is 1. The third-order valence-corrected chi connectivity index (χ3v) is 3.49. The van der Waals surface area contributed by atoms with E-state index in [2.05, 4.69) is 0 Å². The van der Waals surface area contributed by atoms with E-state index in [1.54, 1.807) is 16.7 Å². The van der Waals surface area contributed by atoms with Crippen molar-refractivity contribution in [3.63, 3.8) is 0 Å². The number of aryl methyl sites for hydroxylation is 1. The molecule has 0 bridgehead atoms. The van der Waals surface area contributed by atoms with Gasteiger partial charge >= 0.3 is 0 Å². The van der Waals surface area contributed by atoms with Crippen LogP contribution in [0.5, 0.6) is 0 Å². The molecule has 2 N–H and O–H groups in total. The van der Waals surface area contributed by atoms with Crippen molar-refractivity contribution >= 4 is 23.4 Å². The number of carbonyl (C=O) groups is 1. The second-order valence-corrected chi connectivity index (χ2v) is 5.30. The van der Waals surface area contributed by atoms with E-state index in [0.29, 0.717) is 6.54 Å². The lowest BCUT2D eigenvalue weighted by atomic mass is 10.1. The topological polar surface area (TPSA) is 46.3 Å². The second kappa shape index (κ2) is 7.44. The van der Waals surface area contributed by atoms with Crippen LogP contribution in [-0.2, 0) is 4.79 Å². The van der Waals surface area contributed by atoms with E-state index in [-0.39, 0.29) is 5.91 Å². The Morgan fingerprint density at radius 1 is 1.50 bits per heavy atom. The van der Waals surface area contributed by atoms with E-state index in [1.807, 2.05) is 44.4 Å². The highest BCUT2D eigenvalue weighted by Gasteiger charge is 2.20. The van der Waals surface area contributed by atoms with Gasteiger partial charge in [0.2, 0.25) is 5.91 Å². The van der Waals surface area contributed by atoms with Crippen molar-refractivity contribution < 1.29 is 4.79 Å². The molecule has 0 spiro atoms. The minimum Gasteiger partial charge on any atom is -0.320 e. The van der Waals surface area contributed by atoms with Crippen LogP contribution in [0.2, 0.25) is 0 Å². The first kappa shape index (κ1) is 15.1. The molecule has 4 heteroatoms. The lowest BCUT2D eigenvalue weighted by Gasteiger charge is -2.24. The van der Waals surface area contributed by atoms with Crippen molar-refractivity contribution in [2.24, 2.45) is 5.73 Å². The number of rotatable bonds is 6. The molecule has 0 aliphatic carbocycles. The van der Waals surface area contributed by atoms with Gasteiger partial charge in [-0.2, -0.15) is 11.8 Å². The molecule has 0 aliphatic rings. The van der Waals surface area contributed by atoms with E-state index in [4.69, 9.17) is 5.73 Å². The highest BCUT2D eigenvalue weighted by Crippen LogP contribution is 2.17. The van der Waals surface area contributed by atoms with Crippen LogP contribution in [0.3, 0.4) is 0 Å². The standard InChI is InChI=1S/C14H22N2OS/c1-4-16(12-7-5-6-11(2)10-12)14(17)13(15)8-9-18-3/h5-7,10,13H,4,8-9,15H2,1-3H3/t13-/m1/s1. The van der Waals surface area contributed by atoms with Crippen LogP contribution in [0, 0.1) is 6.92 Å². The molecule has 1 atom stereocenters. The van der Waals surface area contributed by atoms with E-state index < -0.39 is 6.04 Å². The Hall–Kier alpha value is -1.00. The van der Waals surface area contributed by atoms with Crippen LogP contribution >= 0.6 is 11.8 Å². The van der Waals surface area contributed by atoms with E-state index in [0.717, 1.165) is 23.4 Å². The molecule has 0 radical (unpaired) electrons. The minimum atomic E-state index is -0.405. The Labute approximate surface area is 114 Å². The second-order valence-electron chi connectivity index (χ2n) is 4.31. The molecular weight excluding hydrogens is 244 g/mol. The summed E-state index contributed by atoms with van der Waals surface area (Å²) in [5.41, 5.74) is 8.03. The van der Waals surface area contributed by atoms with Crippen molar-refractivity contribution in [2.45, 2.75) is 26.3 Å². The first-order chi connectivity index (χ1) is 8.60. The van der Waals surface area contributed by atoms with Gasteiger partial charge in [0.15, 0.2) is 0 Å². The van der Waals surface area contributed by atoms with Crippen molar-refractivity contribution in [2.75, 3.05) is 23.5 Å². The van der Waals surface area contributed by atoms with Crippen molar-refractivity contribution in [1.29, 1.82) is 0 Å². The lowest BCUT2D eigenvalue weighted by Crippen LogP contribution is -2.44. The summed E-state index contributed by atoms with van der Waals surface area (Å²) < 4.78 is 0. The molecule has 1 aromatic rings. The minimum absolute atomic E-state index is 0.0113. The number of carbonyl (C=O) groups excluding carboxylic acids is 1. The zero-order chi connectivity index (χ0) is 13.5. The molecule has 100 valence electrons. The van der Waals surface area contributed by atoms with E-state index in [1.165, 1.54) is 0 Å². The predicted octanol–water partition coefficient (Wildman–Crippen LogP) is 2.43. The first-order valence-corrected chi connectivity index (χ1v) is 7.62.